The second kappa shape index (κ2) is 12.1. The van der Waals surface area contributed by atoms with Gasteiger partial charge in [0.05, 0.1) is 5.92 Å². The minimum atomic E-state index is -0.131. The highest BCUT2D eigenvalue weighted by Gasteiger charge is 2.38. The predicted molar refractivity (Wildman–Crippen MR) is 227 cm³/mol. The lowest BCUT2D eigenvalue weighted by Gasteiger charge is -2.22. The van der Waals surface area contributed by atoms with Gasteiger partial charge in [-0.05, 0) is 85.9 Å². The quantitative estimate of drug-likeness (QED) is 0.170. The van der Waals surface area contributed by atoms with Crippen LogP contribution in [0.3, 0.4) is 0 Å². The standard InChI is InChI=1S/C51H31N3O2/c1-2-12-35-31(11-1)29-42(38-14-4-3-13-37(35)38)51-53-49(52-50(54-51)41-18-10-22-46-48(41)40-16-6-8-20-44(40)56-46)33-26-24-30-23-25-32(27-34(30)28-33)36-17-9-21-45-47(36)39-15-5-7-19-43(39)55-45/h1-29,46,48H. The minimum Gasteiger partial charge on any atom is -0.485 e. The highest BCUT2D eigenvalue weighted by molar-refractivity contribution is 6.14. The van der Waals surface area contributed by atoms with Gasteiger partial charge in [0.2, 0.25) is 0 Å². The Hall–Kier alpha value is -7.37. The van der Waals surface area contributed by atoms with Crippen LogP contribution in [0.1, 0.15) is 17.3 Å². The molecule has 8 aromatic carbocycles. The SMILES string of the molecule is C1=CC2Oc3ccccc3C2C(c2nc(-c3ccc4ccc(-c5cccc6oc7ccccc7c56)cc4c3)nc(-c3cc4ccccc4c4ccccc34)n2)=C1. The number of allylic oxidation sites excluding steroid dienone is 2. The van der Waals surface area contributed by atoms with Crippen LogP contribution in [0.4, 0.5) is 0 Å². The molecule has 0 spiro atoms. The minimum absolute atomic E-state index is 0.0338. The zero-order chi connectivity index (χ0) is 36.7. The van der Waals surface area contributed by atoms with Crippen LogP contribution in [0.25, 0.3) is 93.7 Å². The molecule has 5 nitrogen and oxygen atoms in total. The lowest BCUT2D eigenvalue weighted by atomic mass is 9.84. The van der Waals surface area contributed by atoms with Crippen molar-refractivity contribution in [3.8, 4) is 39.7 Å². The Morgan fingerprint density at radius 2 is 1.18 bits per heavy atom. The van der Waals surface area contributed by atoms with Crippen molar-refractivity contribution >= 4 is 59.8 Å². The van der Waals surface area contributed by atoms with Gasteiger partial charge in [0.15, 0.2) is 17.5 Å². The third-order valence-electron chi connectivity index (χ3n) is 11.5. The summed E-state index contributed by atoms with van der Waals surface area (Å²) in [5.41, 5.74) is 8.08. The number of para-hydroxylation sites is 2. The third kappa shape index (κ3) is 4.77. The molecule has 1 aliphatic carbocycles. The topological polar surface area (TPSA) is 61.0 Å². The Kier molecular flexibility index (Phi) is 6.69. The predicted octanol–water partition coefficient (Wildman–Crippen LogP) is 12.7. The molecule has 0 N–H and O–H groups in total. The van der Waals surface area contributed by atoms with E-state index in [0.29, 0.717) is 17.5 Å². The van der Waals surface area contributed by atoms with Crippen LogP contribution >= 0.6 is 0 Å². The van der Waals surface area contributed by atoms with Crippen molar-refractivity contribution in [3.63, 3.8) is 0 Å². The summed E-state index contributed by atoms with van der Waals surface area (Å²) in [6.45, 7) is 0. The highest BCUT2D eigenvalue weighted by Crippen LogP contribution is 2.48. The van der Waals surface area contributed by atoms with E-state index in [4.69, 9.17) is 24.1 Å². The maximum atomic E-state index is 6.43. The number of hydrogen-bond donors (Lipinski definition) is 0. The lowest BCUT2D eigenvalue weighted by molar-refractivity contribution is 0.271. The van der Waals surface area contributed by atoms with Crippen molar-refractivity contribution in [3.05, 3.63) is 187 Å². The monoisotopic (exact) mass is 717 g/mol. The molecule has 2 unspecified atom stereocenters. The molecule has 0 saturated carbocycles. The fraction of sp³-hybridized carbons (Fsp3) is 0.0392. The first-order chi connectivity index (χ1) is 27.7. The van der Waals surface area contributed by atoms with Gasteiger partial charge < -0.3 is 9.15 Å². The van der Waals surface area contributed by atoms with Gasteiger partial charge in [-0.2, -0.15) is 0 Å². The van der Waals surface area contributed by atoms with E-state index in [1.54, 1.807) is 0 Å². The fourth-order valence-corrected chi connectivity index (χ4v) is 8.88. The van der Waals surface area contributed by atoms with Crippen molar-refractivity contribution in [2.24, 2.45) is 0 Å². The van der Waals surface area contributed by atoms with E-state index in [-0.39, 0.29) is 12.0 Å². The van der Waals surface area contributed by atoms with Gasteiger partial charge in [-0.1, -0.05) is 133 Å². The van der Waals surface area contributed by atoms with E-state index < -0.39 is 0 Å². The zero-order valence-electron chi connectivity index (χ0n) is 30.1. The van der Waals surface area contributed by atoms with E-state index in [1.807, 2.05) is 30.3 Å². The number of furan rings is 1. The molecule has 12 rings (SSSR count). The normalized spacial score (nSPS) is 16.0. The van der Waals surface area contributed by atoms with Crippen LogP contribution in [0, 0.1) is 0 Å². The second-order valence-corrected chi connectivity index (χ2v) is 14.7. The molecule has 2 aromatic heterocycles. The molecule has 0 fully saturated rings. The number of benzene rings is 8. The van der Waals surface area contributed by atoms with Crippen molar-refractivity contribution in [1.82, 2.24) is 15.0 Å². The van der Waals surface area contributed by atoms with Crippen molar-refractivity contribution < 1.29 is 9.15 Å². The van der Waals surface area contributed by atoms with Crippen LogP contribution in [0.2, 0.25) is 0 Å². The van der Waals surface area contributed by atoms with Crippen LogP contribution in [0.15, 0.2) is 180 Å². The third-order valence-corrected chi connectivity index (χ3v) is 11.5. The first-order valence-corrected chi connectivity index (χ1v) is 19.0. The van der Waals surface area contributed by atoms with Gasteiger partial charge in [0, 0.05) is 33.0 Å². The summed E-state index contributed by atoms with van der Waals surface area (Å²) in [5.74, 6) is 2.78. The van der Waals surface area contributed by atoms with Gasteiger partial charge in [0.1, 0.15) is 23.0 Å². The molecular weight excluding hydrogens is 687 g/mol. The zero-order valence-corrected chi connectivity index (χ0v) is 30.1. The van der Waals surface area contributed by atoms with E-state index in [0.717, 1.165) is 82.6 Å². The van der Waals surface area contributed by atoms with E-state index in [9.17, 15) is 0 Å². The van der Waals surface area contributed by atoms with Gasteiger partial charge in [-0.15, -0.1) is 0 Å². The fourth-order valence-electron chi connectivity index (χ4n) is 8.88. The number of aromatic nitrogens is 3. The average Bonchev–Trinajstić information content (AvgIpc) is 3.84. The summed E-state index contributed by atoms with van der Waals surface area (Å²) in [6.07, 6.45) is 6.20. The molecule has 5 heteroatoms. The first kappa shape index (κ1) is 31.0. The smallest absolute Gasteiger partial charge is 0.164 e. The molecule has 0 radical (unpaired) electrons. The number of fused-ring (bicyclic) bond motifs is 10. The van der Waals surface area contributed by atoms with Crippen molar-refractivity contribution in [2.45, 2.75) is 12.0 Å². The molecule has 262 valence electrons. The Morgan fingerprint density at radius 1 is 0.464 bits per heavy atom. The molecule has 2 atom stereocenters. The molecule has 10 aromatic rings. The largest absolute Gasteiger partial charge is 0.485 e. The summed E-state index contributed by atoms with van der Waals surface area (Å²) in [5, 5.41) is 9.09. The summed E-state index contributed by atoms with van der Waals surface area (Å²) in [6, 6.07) is 55.3. The Balaban J connectivity index is 1.06. The van der Waals surface area contributed by atoms with E-state index in [1.165, 1.54) is 10.8 Å². The molecule has 3 heterocycles. The highest BCUT2D eigenvalue weighted by atomic mass is 16.5. The van der Waals surface area contributed by atoms with Gasteiger partial charge in [-0.25, -0.2) is 15.0 Å². The van der Waals surface area contributed by atoms with Crippen LogP contribution < -0.4 is 4.74 Å². The number of rotatable bonds is 4. The maximum absolute atomic E-state index is 6.43. The van der Waals surface area contributed by atoms with Gasteiger partial charge in [0.25, 0.3) is 0 Å². The summed E-state index contributed by atoms with van der Waals surface area (Å²) < 4.78 is 12.7. The average molecular weight is 718 g/mol. The number of nitrogens with zero attached hydrogens (tertiary/aromatic N) is 3. The molecule has 56 heavy (non-hydrogen) atoms. The Labute approximate surface area is 321 Å². The molecule has 0 saturated heterocycles. The van der Waals surface area contributed by atoms with E-state index in [2.05, 4.69) is 146 Å². The van der Waals surface area contributed by atoms with Crippen molar-refractivity contribution in [2.75, 3.05) is 0 Å². The molecular formula is C51H31N3O2. The van der Waals surface area contributed by atoms with Crippen LogP contribution in [0.5, 0.6) is 5.75 Å². The Morgan fingerprint density at radius 3 is 2.11 bits per heavy atom. The van der Waals surface area contributed by atoms with Gasteiger partial charge >= 0.3 is 0 Å². The summed E-state index contributed by atoms with van der Waals surface area (Å²) >= 11 is 0. The van der Waals surface area contributed by atoms with E-state index >= 15 is 0 Å². The molecule has 1 aliphatic heterocycles. The maximum Gasteiger partial charge on any atom is 0.164 e. The van der Waals surface area contributed by atoms with Crippen LogP contribution in [-0.2, 0) is 0 Å². The second-order valence-electron chi connectivity index (χ2n) is 14.7. The lowest BCUT2D eigenvalue weighted by Crippen LogP contribution is -2.20. The molecule has 0 bridgehead atoms. The number of ether oxygens (including phenoxy) is 1. The van der Waals surface area contributed by atoms with Crippen molar-refractivity contribution in [1.29, 1.82) is 0 Å². The summed E-state index contributed by atoms with van der Waals surface area (Å²) in [4.78, 5) is 15.9. The first-order valence-electron chi connectivity index (χ1n) is 19.0. The number of hydrogen-bond acceptors (Lipinski definition) is 5. The molecule has 2 aliphatic rings. The Bertz CT molecular complexity index is 3320. The molecule has 0 amide bonds. The summed E-state index contributed by atoms with van der Waals surface area (Å²) in [7, 11) is 0. The van der Waals surface area contributed by atoms with Gasteiger partial charge in [-0.3, -0.25) is 0 Å². The van der Waals surface area contributed by atoms with Crippen LogP contribution in [-0.4, -0.2) is 21.1 Å².